The number of hydrogen-bond acceptors (Lipinski definition) is 3. The molecule has 0 aromatic carbocycles. The number of nitrogens with zero attached hydrogens (tertiary/aromatic N) is 2. The van der Waals surface area contributed by atoms with Crippen LogP contribution in [-0.2, 0) is 6.42 Å². The Morgan fingerprint density at radius 1 is 1.67 bits per heavy atom. The van der Waals surface area contributed by atoms with Crippen LogP contribution >= 0.6 is 0 Å². The zero-order valence-corrected chi connectivity index (χ0v) is 5.18. The fourth-order valence-corrected chi connectivity index (χ4v) is 0.458. The molecule has 0 spiro atoms. The number of nitrogens with two attached hydrogens (primary N) is 1. The maximum absolute atomic E-state index is 7.27. The van der Waals surface area contributed by atoms with Gasteiger partial charge in [-0.1, -0.05) is 6.92 Å². The van der Waals surface area contributed by atoms with Crippen LogP contribution in [0.5, 0.6) is 0 Å². The molecule has 3 heteroatoms. The van der Waals surface area contributed by atoms with Crippen molar-refractivity contribution in [3.8, 4) is 0 Å². The average Bonchev–Trinajstić information content (AvgIpc) is 1.97. The topological polar surface area (TPSA) is 51.8 Å². The van der Waals surface area contributed by atoms with E-state index in [1.54, 1.807) is 0 Å². The minimum atomic E-state index is -0.0437. The number of anilines is 1. The Balaban J connectivity index is 3.21. The van der Waals surface area contributed by atoms with Gasteiger partial charge in [0.15, 0.2) is 0 Å². The van der Waals surface area contributed by atoms with Crippen LogP contribution < -0.4 is 5.73 Å². The maximum Gasteiger partial charge on any atom is 0.141 e. The second-order valence-corrected chi connectivity index (χ2v) is 1.63. The molecule has 1 heterocycles. The molecule has 2 N–H and O–H groups in total. The van der Waals surface area contributed by atoms with E-state index in [1.165, 1.54) is 0 Å². The Labute approximate surface area is 56.8 Å². The van der Waals surface area contributed by atoms with Gasteiger partial charge < -0.3 is 5.73 Å². The molecule has 0 saturated carbocycles. The molecule has 48 valence electrons. The van der Waals surface area contributed by atoms with E-state index in [0.29, 0.717) is 12.1 Å². The van der Waals surface area contributed by atoms with Gasteiger partial charge in [0.05, 0.1) is 20.8 Å². The van der Waals surface area contributed by atoms with Crippen LogP contribution in [0, 0.1) is 0 Å². The van der Waals surface area contributed by atoms with Crippen LogP contribution in [0.3, 0.4) is 0 Å². The van der Waals surface area contributed by atoms with Crippen molar-refractivity contribution in [1.29, 1.82) is 0 Å². The molecule has 0 bridgehead atoms. The summed E-state index contributed by atoms with van der Waals surface area (Å²) in [7, 11) is 0. The highest BCUT2D eigenvalue weighted by Crippen LogP contribution is 1.95. The molecular weight excluding hydrogens is 114 g/mol. The van der Waals surface area contributed by atoms with Gasteiger partial charge in [-0.2, -0.15) is 0 Å². The number of aromatic nitrogens is 2. The molecule has 0 fully saturated rings. The molecule has 1 aromatic heterocycles. The molecule has 0 radical (unpaired) electrons. The number of hydrogen-bond donors (Lipinski definition) is 1. The first-order valence-corrected chi connectivity index (χ1v) is 2.74. The summed E-state index contributed by atoms with van der Waals surface area (Å²) in [5.41, 5.74) is 5.78. The molecule has 0 unspecified atom stereocenters. The van der Waals surface area contributed by atoms with Crippen molar-refractivity contribution < 1.29 is 2.74 Å². The Morgan fingerprint density at radius 2 is 2.44 bits per heavy atom. The van der Waals surface area contributed by atoms with Gasteiger partial charge in [0.25, 0.3) is 0 Å². The lowest BCUT2D eigenvalue weighted by molar-refractivity contribution is 1.00. The van der Waals surface area contributed by atoms with Gasteiger partial charge in [-0.15, -0.1) is 0 Å². The summed E-state index contributed by atoms with van der Waals surface area (Å²) < 4.78 is 14.4. The van der Waals surface area contributed by atoms with Crippen molar-refractivity contribution in [3.63, 3.8) is 0 Å². The van der Waals surface area contributed by atoms with Gasteiger partial charge >= 0.3 is 0 Å². The third-order valence-electron chi connectivity index (χ3n) is 0.946. The molecule has 1 rings (SSSR count). The lowest BCUT2D eigenvalue weighted by Crippen LogP contribution is -1.93. The van der Waals surface area contributed by atoms with E-state index in [2.05, 4.69) is 9.97 Å². The van der Waals surface area contributed by atoms with E-state index in [1.807, 2.05) is 6.92 Å². The van der Waals surface area contributed by atoms with Crippen molar-refractivity contribution >= 4 is 5.82 Å². The van der Waals surface area contributed by atoms with Crippen LogP contribution in [0.15, 0.2) is 12.3 Å². The van der Waals surface area contributed by atoms with Crippen LogP contribution in [0.4, 0.5) is 5.82 Å². The summed E-state index contributed by atoms with van der Waals surface area (Å²) >= 11 is 0. The van der Waals surface area contributed by atoms with Crippen molar-refractivity contribution in [2.75, 3.05) is 5.73 Å². The minimum Gasteiger partial charge on any atom is -0.382 e. The normalized spacial score (nSPS) is 12.6. The van der Waals surface area contributed by atoms with E-state index in [-0.39, 0.29) is 18.2 Å². The quantitative estimate of drug-likeness (QED) is 0.598. The van der Waals surface area contributed by atoms with Gasteiger partial charge in [0, 0.05) is 0 Å². The van der Waals surface area contributed by atoms with Gasteiger partial charge in [-0.3, -0.25) is 4.98 Å². The summed E-state index contributed by atoms with van der Waals surface area (Å²) in [5.74, 6) is 0.0206. The third kappa shape index (κ3) is 1.38. The van der Waals surface area contributed by atoms with E-state index in [0.717, 1.165) is 0 Å². The Morgan fingerprint density at radius 3 is 3.11 bits per heavy atom. The van der Waals surface area contributed by atoms with Gasteiger partial charge in [-0.25, -0.2) is 4.98 Å². The predicted molar refractivity (Wildman–Crippen MR) is 35.8 cm³/mol. The van der Waals surface area contributed by atoms with Crippen LogP contribution in [0.2, 0.25) is 0 Å². The van der Waals surface area contributed by atoms with Crippen molar-refractivity contribution in [3.05, 3.63) is 18.0 Å². The monoisotopic (exact) mass is 125 g/mol. The molecule has 0 atom stereocenters. The first-order valence-electron chi connectivity index (χ1n) is 3.74. The highest BCUT2D eigenvalue weighted by molar-refractivity contribution is 5.22. The van der Waals surface area contributed by atoms with Gasteiger partial charge in [0.2, 0.25) is 0 Å². The fraction of sp³-hybridized carbons (Fsp3) is 0.333. The maximum atomic E-state index is 7.27. The summed E-state index contributed by atoms with van der Waals surface area (Å²) in [6.45, 7) is 1.86. The summed E-state index contributed by atoms with van der Waals surface area (Å²) in [6, 6.07) is 0. The molecule has 0 aliphatic heterocycles. The van der Waals surface area contributed by atoms with Crippen LogP contribution in [0.1, 0.15) is 15.4 Å². The van der Waals surface area contributed by atoms with Crippen LogP contribution in [-0.4, -0.2) is 9.97 Å². The van der Waals surface area contributed by atoms with E-state index in [4.69, 9.17) is 8.48 Å². The largest absolute Gasteiger partial charge is 0.382 e. The van der Waals surface area contributed by atoms with Gasteiger partial charge in [0.1, 0.15) is 5.82 Å². The molecular formula is C6H9N3. The minimum absolute atomic E-state index is 0.0206. The Kier molecular flexibility index (Phi) is 1.03. The second-order valence-electron chi connectivity index (χ2n) is 1.63. The zero-order valence-electron chi connectivity index (χ0n) is 7.18. The number of nitrogen functional groups attached to an aromatic ring is 1. The lowest BCUT2D eigenvalue weighted by atomic mass is 10.4. The Hall–Kier alpha value is -1.12. The van der Waals surface area contributed by atoms with E-state index < -0.39 is 0 Å². The highest BCUT2D eigenvalue weighted by Gasteiger charge is 1.88. The molecule has 1 aromatic rings. The number of rotatable bonds is 1. The summed E-state index contributed by atoms with van der Waals surface area (Å²) in [5, 5.41) is 0. The number of aryl methyl sites for hydroxylation is 1. The SMILES string of the molecule is [2H]c1nc(CC)c([2H])nc1N. The predicted octanol–water partition coefficient (Wildman–Crippen LogP) is 0.621. The standard InChI is InChI=1S/C6H9N3/c1-2-5-3-9-6(7)4-8-5/h3-4H,2H2,1H3,(H2,7,9)/i3D,4D. The Bertz CT molecular complexity index is 275. The molecule has 3 nitrogen and oxygen atoms in total. The summed E-state index contributed by atoms with van der Waals surface area (Å²) in [4.78, 5) is 7.42. The van der Waals surface area contributed by atoms with Crippen molar-refractivity contribution in [1.82, 2.24) is 9.97 Å². The molecule has 0 amide bonds. The van der Waals surface area contributed by atoms with Gasteiger partial charge in [-0.05, 0) is 6.42 Å². The first-order chi connectivity index (χ1) is 5.15. The smallest absolute Gasteiger partial charge is 0.141 e. The first kappa shape index (κ1) is 3.82. The summed E-state index contributed by atoms with van der Waals surface area (Å²) in [6.07, 6.45) is 0.636. The van der Waals surface area contributed by atoms with E-state index >= 15 is 0 Å². The molecule has 9 heavy (non-hydrogen) atoms. The van der Waals surface area contributed by atoms with Crippen LogP contribution in [0.25, 0.3) is 0 Å². The molecule has 0 aliphatic carbocycles. The lowest BCUT2D eigenvalue weighted by Gasteiger charge is -1.92. The third-order valence-corrected chi connectivity index (χ3v) is 0.946. The molecule has 0 aliphatic rings. The fourth-order valence-electron chi connectivity index (χ4n) is 0.458. The second kappa shape index (κ2) is 2.44. The molecule has 0 saturated heterocycles. The van der Waals surface area contributed by atoms with Crippen molar-refractivity contribution in [2.24, 2.45) is 0 Å². The highest BCUT2D eigenvalue weighted by atomic mass is 14.9. The zero-order chi connectivity index (χ0) is 8.43. The van der Waals surface area contributed by atoms with E-state index in [9.17, 15) is 0 Å². The average molecular weight is 125 g/mol. The van der Waals surface area contributed by atoms with Crippen molar-refractivity contribution in [2.45, 2.75) is 13.3 Å².